The normalized spacial score (nSPS) is 21.2. The Labute approximate surface area is 233 Å². The van der Waals surface area contributed by atoms with E-state index in [-0.39, 0.29) is 18.6 Å². The Kier molecular flexibility index (Phi) is 8.39. The molecule has 2 amide bonds. The summed E-state index contributed by atoms with van der Waals surface area (Å²) in [6, 6.07) is 14.7. The molecule has 5 rings (SSSR count). The summed E-state index contributed by atoms with van der Waals surface area (Å²) in [6.45, 7) is 3.57. The number of carbonyl (C=O) groups is 2. The highest BCUT2D eigenvalue weighted by Crippen LogP contribution is 2.46. The molecular weight excluding hydrogens is 508 g/mol. The molecule has 2 aliphatic heterocycles. The van der Waals surface area contributed by atoms with Gasteiger partial charge in [0.15, 0.2) is 5.60 Å². The van der Waals surface area contributed by atoms with Crippen LogP contribution in [-0.2, 0) is 34.7 Å². The van der Waals surface area contributed by atoms with Gasteiger partial charge in [0.1, 0.15) is 0 Å². The number of hydrogen-bond donors (Lipinski definition) is 4. The predicted octanol–water partition coefficient (Wildman–Crippen LogP) is 2.52. The van der Waals surface area contributed by atoms with Crippen LogP contribution in [0, 0.1) is 5.92 Å². The summed E-state index contributed by atoms with van der Waals surface area (Å²) in [6.07, 6.45) is 8.41. The van der Waals surface area contributed by atoms with E-state index in [9.17, 15) is 14.7 Å². The van der Waals surface area contributed by atoms with Crippen LogP contribution in [0.3, 0.4) is 0 Å². The van der Waals surface area contributed by atoms with Gasteiger partial charge in [-0.1, -0.05) is 54.6 Å². The van der Waals surface area contributed by atoms with Crippen molar-refractivity contribution in [1.82, 2.24) is 20.3 Å². The second-order valence-corrected chi connectivity index (χ2v) is 10.5. The van der Waals surface area contributed by atoms with Gasteiger partial charge in [-0.15, -0.1) is 5.10 Å². The van der Waals surface area contributed by atoms with E-state index in [0.29, 0.717) is 42.9 Å². The first kappa shape index (κ1) is 27.7. The van der Waals surface area contributed by atoms with Crippen molar-refractivity contribution in [1.29, 1.82) is 0 Å². The second kappa shape index (κ2) is 12.1. The molecule has 1 aromatic heterocycles. The highest BCUT2D eigenvalue weighted by Gasteiger charge is 2.52. The number of nitrogens with one attached hydrogen (secondary N) is 2. The Balaban J connectivity index is 1.37. The van der Waals surface area contributed by atoms with E-state index in [2.05, 4.69) is 20.9 Å². The molecule has 3 atom stereocenters. The van der Waals surface area contributed by atoms with Crippen molar-refractivity contribution in [2.75, 3.05) is 23.4 Å². The molecule has 1 saturated heterocycles. The van der Waals surface area contributed by atoms with Gasteiger partial charge in [0.05, 0.1) is 24.0 Å². The summed E-state index contributed by atoms with van der Waals surface area (Å²) in [4.78, 5) is 28.3. The zero-order chi connectivity index (χ0) is 28.1. The third kappa shape index (κ3) is 5.70. The van der Waals surface area contributed by atoms with E-state index in [0.717, 1.165) is 30.6 Å². The fraction of sp³-hybridized carbons (Fsp3) is 0.400. The minimum atomic E-state index is -1.80. The van der Waals surface area contributed by atoms with Crippen LogP contribution in [0.2, 0.25) is 0 Å². The summed E-state index contributed by atoms with van der Waals surface area (Å²) >= 11 is 0. The first-order chi connectivity index (χ1) is 19.4. The number of aromatic nitrogens is 3. The summed E-state index contributed by atoms with van der Waals surface area (Å²) in [5.74, 6) is -1.05. The fourth-order valence-electron chi connectivity index (χ4n) is 5.41. The maximum absolute atomic E-state index is 13.9. The quantitative estimate of drug-likeness (QED) is 0.273. The molecule has 40 heavy (non-hydrogen) atoms. The first-order valence-electron chi connectivity index (χ1n) is 13.8. The Hall–Kier alpha value is -3.86. The third-order valence-corrected chi connectivity index (χ3v) is 7.66. The molecule has 3 aromatic rings. The lowest BCUT2D eigenvalue weighted by molar-refractivity contribution is -0.139. The van der Waals surface area contributed by atoms with Crippen molar-refractivity contribution in [2.24, 2.45) is 5.92 Å². The van der Waals surface area contributed by atoms with Gasteiger partial charge in [-0.25, -0.2) is 0 Å². The summed E-state index contributed by atoms with van der Waals surface area (Å²) in [5, 5.41) is 35.4. The summed E-state index contributed by atoms with van der Waals surface area (Å²) in [7, 11) is 0. The van der Waals surface area contributed by atoms with Crippen LogP contribution < -0.4 is 15.5 Å². The van der Waals surface area contributed by atoms with Gasteiger partial charge in [0.2, 0.25) is 5.91 Å². The Morgan fingerprint density at radius 2 is 2.10 bits per heavy atom. The number of hydrogen-bond acceptors (Lipinski definition) is 7. The summed E-state index contributed by atoms with van der Waals surface area (Å²) < 4.78 is 1.71. The van der Waals surface area contributed by atoms with Crippen LogP contribution in [0.25, 0.3) is 0 Å². The lowest BCUT2D eigenvalue weighted by Crippen LogP contribution is -2.44. The number of aliphatic hydroxyl groups excluding tert-OH is 1. The van der Waals surface area contributed by atoms with Gasteiger partial charge in [0, 0.05) is 42.9 Å². The van der Waals surface area contributed by atoms with Crippen LogP contribution in [0.1, 0.15) is 43.0 Å². The molecule has 0 aliphatic carbocycles. The number of allylic oxidation sites excluding steroid dienone is 1. The SMILES string of the molecule is C[C@@H](/C=C/CCn1cc(CCO)nn1)[C@]1(O)C(=O)N(Cc2ccccc2)c2ccc(NC(=O)[C@H]3CCCN3)cc21. The maximum atomic E-state index is 13.9. The first-order valence-corrected chi connectivity index (χ1v) is 13.8. The number of aryl methyl sites for hydroxylation is 1. The van der Waals surface area contributed by atoms with Gasteiger partial charge in [-0.2, -0.15) is 0 Å². The molecule has 0 saturated carbocycles. The van der Waals surface area contributed by atoms with E-state index >= 15 is 0 Å². The van der Waals surface area contributed by atoms with Gasteiger partial charge in [-0.3, -0.25) is 14.3 Å². The van der Waals surface area contributed by atoms with Crippen molar-refractivity contribution < 1.29 is 19.8 Å². The number of rotatable bonds is 11. The lowest BCUT2D eigenvalue weighted by Gasteiger charge is -2.28. The van der Waals surface area contributed by atoms with Gasteiger partial charge < -0.3 is 25.7 Å². The smallest absolute Gasteiger partial charge is 0.264 e. The molecule has 2 aromatic carbocycles. The van der Waals surface area contributed by atoms with Crippen molar-refractivity contribution in [2.45, 2.75) is 57.3 Å². The average Bonchev–Trinajstić information content (AvgIpc) is 3.70. The molecule has 0 spiro atoms. The largest absolute Gasteiger partial charge is 0.396 e. The van der Waals surface area contributed by atoms with Crippen molar-refractivity contribution in [3.63, 3.8) is 0 Å². The van der Waals surface area contributed by atoms with E-state index in [1.165, 1.54) is 0 Å². The van der Waals surface area contributed by atoms with Gasteiger partial charge in [0.25, 0.3) is 5.91 Å². The minimum absolute atomic E-state index is 0.0222. The topological polar surface area (TPSA) is 133 Å². The molecule has 2 aliphatic rings. The van der Waals surface area contributed by atoms with Crippen LogP contribution in [0.4, 0.5) is 11.4 Å². The maximum Gasteiger partial charge on any atom is 0.264 e. The van der Waals surface area contributed by atoms with Crippen LogP contribution >= 0.6 is 0 Å². The molecule has 10 nitrogen and oxygen atoms in total. The molecule has 4 N–H and O–H groups in total. The number of anilines is 2. The lowest BCUT2D eigenvalue weighted by atomic mass is 9.82. The van der Waals surface area contributed by atoms with Crippen molar-refractivity contribution in [3.05, 3.63) is 83.7 Å². The highest BCUT2D eigenvalue weighted by molar-refractivity contribution is 6.08. The Morgan fingerprint density at radius 3 is 2.85 bits per heavy atom. The second-order valence-electron chi connectivity index (χ2n) is 10.5. The number of carbonyl (C=O) groups excluding carboxylic acids is 2. The third-order valence-electron chi connectivity index (χ3n) is 7.66. The van der Waals surface area contributed by atoms with Crippen LogP contribution in [0.15, 0.2) is 66.9 Å². The Bertz CT molecular complexity index is 1370. The average molecular weight is 545 g/mol. The Morgan fingerprint density at radius 1 is 1.27 bits per heavy atom. The highest BCUT2D eigenvalue weighted by atomic mass is 16.3. The molecule has 0 bridgehead atoms. The number of fused-ring (bicyclic) bond motifs is 1. The van der Waals surface area contributed by atoms with Crippen molar-refractivity contribution >= 4 is 23.2 Å². The van der Waals surface area contributed by atoms with Crippen LogP contribution in [-0.4, -0.2) is 56.2 Å². The minimum Gasteiger partial charge on any atom is -0.396 e. The summed E-state index contributed by atoms with van der Waals surface area (Å²) in [5.41, 5.74) is 1.54. The molecule has 10 heteroatoms. The number of nitrogens with zero attached hydrogens (tertiary/aromatic N) is 4. The number of amides is 2. The fourth-order valence-corrected chi connectivity index (χ4v) is 5.41. The molecule has 0 radical (unpaired) electrons. The molecule has 3 heterocycles. The van der Waals surface area contributed by atoms with E-state index in [4.69, 9.17) is 5.11 Å². The zero-order valence-electron chi connectivity index (χ0n) is 22.7. The van der Waals surface area contributed by atoms with Crippen molar-refractivity contribution in [3.8, 4) is 0 Å². The number of benzene rings is 2. The molecule has 1 fully saturated rings. The molecule has 0 unspecified atom stereocenters. The van der Waals surface area contributed by atoms with E-state index in [1.54, 1.807) is 34.0 Å². The van der Waals surface area contributed by atoms with E-state index in [1.807, 2.05) is 49.4 Å². The van der Waals surface area contributed by atoms with Crippen LogP contribution in [0.5, 0.6) is 0 Å². The van der Waals surface area contributed by atoms with Gasteiger partial charge >= 0.3 is 0 Å². The predicted molar refractivity (Wildman–Crippen MR) is 151 cm³/mol. The monoisotopic (exact) mass is 544 g/mol. The number of aliphatic hydroxyl groups is 2. The zero-order valence-corrected chi connectivity index (χ0v) is 22.7. The molecule has 210 valence electrons. The van der Waals surface area contributed by atoms with E-state index < -0.39 is 17.4 Å². The molecular formula is C30H36N6O4. The standard InChI is InChI=1S/C30H36N6O4/c1-21(8-5-6-16-35-20-24(14-17-37)33-34-35)30(40)25-18-23(32-28(38)26-11-7-15-31-26)12-13-27(25)36(29(30)39)19-22-9-3-2-4-10-22/h2-5,8-10,12-13,18,20-21,26,31,37,40H,6-7,11,14-17,19H2,1H3,(H,32,38)/b8-5+/t21-,26+,30+/m0/s1. The van der Waals surface area contributed by atoms with Gasteiger partial charge in [-0.05, 0) is 49.6 Å².